The first-order chi connectivity index (χ1) is 4.10. The monoisotopic (exact) mass is 186 g/mol. The van der Waals surface area contributed by atoms with Gasteiger partial charge < -0.3 is 9.05 Å². The van der Waals surface area contributed by atoms with Gasteiger partial charge in [-0.05, 0) is 18.2 Å². The second kappa shape index (κ2) is 2.93. The predicted molar refractivity (Wildman–Crippen MR) is 42.1 cm³/mol. The Hall–Kier alpha value is 0.990. The summed E-state index contributed by atoms with van der Waals surface area (Å²) in [4.78, 5) is 0. The van der Waals surface area contributed by atoms with Gasteiger partial charge in [-0.25, -0.2) is 0 Å². The summed E-state index contributed by atoms with van der Waals surface area (Å²) < 4.78 is 9.89. The van der Waals surface area contributed by atoms with Gasteiger partial charge in [0, 0.05) is 0 Å². The molecule has 1 aliphatic heterocycles. The van der Waals surface area contributed by atoms with E-state index >= 15 is 0 Å². The van der Waals surface area contributed by atoms with Crippen LogP contribution in [0.4, 0.5) is 0 Å². The van der Waals surface area contributed by atoms with Crippen molar-refractivity contribution in [1.29, 1.82) is 0 Å². The Morgan fingerprint density at radius 1 is 1.56 bits per heavy atom. The number of hydrogen-bond acceptors (Lipinski definition) is 3. The number of halogens is 1. The summed E-state index contributed by atoms with van der Waals surface area (Å²) in [6.07, 6.45) is 0. The topological polar surface area (TPSA) is 18.5 Å². The van der Waals surface area contributed by atoms with Crippen LogP contribution in [0.25, 0.3) is 0 Å². The van der Waals surface area contributed by atoms with E-state index in [2.05, 4.69) is 12.6 Å². The van der Waals surface area contributed by atoms with Crippen LogP contribution in [0.5, 0.6) is 0 Å². The largest absolute Gasteiger partial charge is 0.321 e. The Bertz CT molecular complexity index is 101. The number of thiol groups is 1. The minimum Gasteiger partial charge on any atom is -0.321 e. The molecule has 9 heavy (non-hydrogen) atoms. The standard InChI is InChI=1S/C4H8ClO2PS/c1-4(9)2-6-8(5)7-3-4/h9H,2-3H2,1H3. The molecule has 0 spiro atoms. The van der Waals surface area contributed by atoms with Gasteiger partial charge in [0.15, 0.2) is 0 Å². The van der Waals surface area contributed by atoms with Crippen molar-refractivity contribution in [2.75, 3.05) is 13.2 Å². The molecule has 1 rings (SSSR count). The molecule has 1 heterocycles. The minimum atomic E-state index is -1.13. The van der Waals surface area contributed by atoms with E-state index in [1.54, 1.807) is 0 Å². The highest BCUT2D eigenvalue weighted by molar-refractivity contribution is 7.82. The van der Waals surface area contributed by atoms with Crippen molar-refractivity contribution < 1.29 is 9.05 Å². The molecule has 0 saturated carbocycles. The van der Waals surface area contributed by atoms with Crippen LogP contribution in [0.1, 0.15) is 6.92 Å². The van der Waals surface area contributed by atoms with Crippen LogP contribution in [0.2, 0.25) is 0 Å². The molecular weight excluding hydrogens is 179 g/mol. The van der Waals surface area contributed by atoms with E-state index in [0.29, 0.717) is 13.2 Å². The summed E-state index contributed by atoms with van der Waals surface area (Å²) in [6, 6.07) is 0. The Labute approximate surface area is 66.0 Å². The predicted octanol–water partition coefficient (Wildman–Crippen LogP) is 2.19. The Morgan fingerprint density at radius 3 is 2.33 bits per heavy atom. The van der Waals surface area contributed by atoms with E-state index in [9.17, 15) is 0 Å². The maximum absolute atomic E-state index is 5.53. The second-order valence-corrected chi connectivity index (χ2v) is 5.11. The quantitative estimate of drug-likeness (QED) is 0.462. The van der Waals surface area contributed by atoms with E-state index in [4.69, 9.17) is 20.3 Å². The van der Waals surface area contributed by atoms with Crippen LogP contribution in [0.3, 0.4) is 0 Å². The number of hydrogen-bond donors (Lipinski definition) is 1. The molecule has 0 amide bonds. The third-order valence-electron chi connectivity index (χ3n) is 0.954. The van der Waals surface area contributed by atoms with Gasteiger partial charge in [-0.1, -0.05) is 0 Å². The van der Waals surface area contributed by atoms with E-state index in [1.807, 2.05) is 6.92 Å². The van der Waals surface area contributed by atoms with Gasteiger partial charge in [0.25, 0.3) is 7.73 Å². The van der Waals surface area contributed by atoms with E-state index < -0.39 is 7.73 Å². The van der Waals surface area contributed by atoms with Gasteiger partial charge in [0.05, 0.1) is 18.0 Å². The van der Waals surface area contributed by atoms with Crippen molar-refractivity contribution in [1.82, 2.24) is 0 Å². The summed E-state index contributed by atoms with van der Waals surface area (Å²) in [5, 5.41) is 0. The SMILES string of the molecule is CC1(S)COP(Cl)OC1. The smallest absolute Gasteiger partial charge is 0.276 e. The summed E-state index contributed by atoms with van der Waals surface area (Å²) in [7, 11) is -1.13. The highest BCUT2D eigenvalue weighted by Crippen LogP contribution is 2.48. The third-order valence-corrected chi connectivity index (χ3v) is 2.46. The van der Waals surface area contributed by atoms with Crippen LogP contribution in [-0.4, -0.2) is 18.0 Å². The Morgan fingerprint density at radius 2 is 2.00 bits per heavy atom. The number of rotatable bonds is 0. The molecule has 5 heteroatoms. The van der Waals surface area contributed by atoms with Crippen molar-refractivity contribution in [2.45, 2.75) is 11.7 Å². The average molecular weight is 187 g/mol. The summed E-state index contributed by atoms with van der Waals surface area (Å²) in [6.45, 7) is 3.10. The van der Waals surface area contributed by atoms with Gasteiger partial charge in [-0.3, -0.25) is 0 Å². The molecule has 54 valence electrons. The molecule has 0 aliphatic carbocycles. The van der Waals surface area contributed by atoms with Crippen LogP contribution in [-0.2, 0) is 9.05 Å². The molecule has 0 atom stereocenters. The highest BCUT2D eigenvalue weighted by atomic mass is 35.7. The van der Waals surface area contributed by atoms with Crippen molar-refractivity contribution in [3.05, 3.63) is 0 Å². The first-order valence-corrected chi connectivity index (χ1v) is 5.07. The molecule has 0 radical (unpaired) electrons. The van der Waals surface area contributed by atoms with Crippen molar-refractivity contribution in [3.63, 3.8) is 0 Å². The van der Waals surface area contributed by atoms with Crippen molar-refractivity contribution in [3.8, 4) is 0 Å². The molecule has 0 bridgehead atoms. The molecule has 0 unspecified atom stereocenters. The minimum absolute atomic E-state index is 0.159. The van der Waals surface area contributed by atoms with Crippen LogP contribution >= 0.6 is 31.6 Å². The third kappa shape index (κ3) is 2.60. The molecular formula is C4H8ClO2PS. The first-order valence-electron chi connectivity index (χ1n) is 2.54. The fraction of sp³-hybridized carbons (Fsp3) is 1.00. The lowest BCUT2D eigenvalue weighted by Gasteiger charge is -2.29. The fourth-order valence-electron chi connectivity index (χ4n) is 0.459. The maximum Gasteiger partial charge on any atom is 0.276 e. The summed E-state index contributed by atoms with van der Waals surface area (Å²) >= 11 is 9.79. The van der Waals surface area contributed by atoms with Crippen molar-refractivity contribution in [2.24, 2.45) is 0 Å². The van der Waals surface area contributed by atoms with E-state index in [-0.39, 0.29) is 4.75 Å². The lowest BCUT2D eigenvalue weighted by Crippen LogP contribution is -2.31. The molecule has 0 N–H and O–H groups in total. The Balaban J connectivity index is 2.35. The van der Waals surface area contributed by atoms with Crippen LogP contribution in [0, 0.1) is 0 Å². The molecule has 0 aromatic rings. The zero-order valence-corrected chi connectivity index (χ0v) is 7.55. The lowest BCUT2D eigenvalue weighted by atomic mass is 10.2. The van der Waals surface area contributed by atoms with Gasteiger partial charge in [0.1, 0.15) is 0 Å². The van der Waals surface area contributed by atoms with E-state index in [0.717, 1.165) is 0 Å². The highest BCUT2D eigenvalue weighted by Gasteiger charge is 2.28. The van der Waals surface area contributed by atoms with Crippen LogP contribution < -0.4 is 0 Å². The van der Waals surface area contributed by atoms with E-state index in [1.165, 1.54) is 0 Å². The van der Waals surface area contributed by atoms with Gasteiger partial charge in [-0.15, -0.1) is 0 Å². The van der Waals surface area contributed by atoms with Crippen LogP contribution in [0.15, 0.2) is 0 Å². The summed E-state index contributed by atoms with van der Waals surface area (Å²) in [5.41, 5.74) is 0. The van der Waals surface area contributed by atoms with Gasteiger partial charge in [-0.2, -0.15) is 12.6 Å². The van der Waals surface area contributed by atoms with Gasteiger partial charge >= 0.3 is 0 Å². The molecule has 1 aliphatic rings. The average Bonchev–Trinajstić information content (AvgIpc) is 1.78. The normalized spacial score (nSPS) is 45.0. The first kappa shape index (κ1) is 8.09. The summed E-state index contributed by atoms with van der Waals surface area (Å²) in [5.74, 6) is 0. The molecule has 1 saturated heterocycles. The second-order valence-electron chi connectivity index (χ2n) is 2.26. The molecule has 0 aromatic carbocycles. The Kier molecular flexibility index (Phi) is 2.64. The molecule has 0 aromatic heterocycles. The fourth-order valence-corrected chi connectivity index (χ4v) is 1.93. The van der Waals surface area contributed by atoms with Crippen molar-refractivity contribution >= 4 is 31.6 Å². The molecule has 2 nitrogen and oxygen atoms in total. The maximum atomic E-state index is 5.53. The zero-order chi connectivity index (χ0) is 6.91. The van der Waals surface area contributed by atoms with Gasteiger partial charge in [0.2, 0.25) is 0 Å². The zero-order valence-electron chi connectivity index (χ0n) is 5.00. The molecule has 1 fully saturated rings. The lowest BCUT2D eigenvalue weighted by molar-refractivity contribution is 0.158.